The van der Waals surface area contributed by atoms with Gasteiger partial charge in [-0.1, -0.05) is 42.0 Å². The Labute approximate surface area is 168 Å². The average Bonchev–Trinajstić information content (AvgIpc) is 2.70. The van der Waals surface area contributed by atoms with Crippen molar-refractivity contribution < 1.29 is 18.7 Å². The molecule has 0 aliphatic carbocycles. The fraction of sp³-hybridized carbons (Fsp3) is 0.130. The number of rotatable bonds is 6. The zero-order valence-electron chi connectivity index (χ0n) is 16.2. The second-order valence-corrected chi connectivity index (χ2v) is 6.59. The molecule has 5 nitrogen and oxygen atoms in total. The molecule has 6 heteroatoms. The first-order valence-electron chi connectivity index (χ1n) is 9.09. The summed E-state index contributed by atoms with van der Waals surface area (Å²) >= 11 is 0. The third-order valence-electron chi connectivity index (χ3n) is 4.27. The molecule has 0 heterocycles. The van der Waals surface area contributed by atoms with Crippen LogP contribution in [0.4, 0.5) is 15.8 Å². The number of carbonyl (C=O) groups is 2. The molecule has 0 fully saturated rings. The quantitative estimate of drug-likeness (QED) is 0.638. The molecule has 0 saturated carbocycles. The molecule has 0 atom stereocenters. The van der Waals surface area contributed by atoms with Gasteiger partial charge in [-0.05, 0) is 49.7 Å². The van der Waals surface area contributed by atoms with Gasteiger partial charge in [0.15, 0.2) is 6.61 Å². The lowest BCUT2D eigenvalue weighted by atomic mass is 10.1. The SMILES string of the molecule is Cc1ccc(NC(=O)c2ccccc2OCC(=O)Nc2ccccc2F)c(C)c1. The fourth-order valence-corrected chi connectivity index (χ4v) is 2.82. The standard InChI is InChI=1S/C23H21FN2O3/c1-15-11-12-19(16(2)13-15)26-23(28)17-7-3-6-10-21(17)29-14-22(27)25-20-9-5-4-8-18(20)24/h3-13H,14H2,1-2H3,(H,25,27)(H,26,28). The third-order valence-corrected chi connectivity index (χ3v) is 4.27. The second-order valence-electron chi connectivity index (χ2n) is 6.59. The Hall–Kier alpha value is -3.67. The number of halogens is 1. The average molecular weight is 392 g/mol. The van der Waals surface area contributed by atoms with Gasteiger partial charge in [-0.15, -0.1) is 0 Å². The highest BCUT2D eigenvalue weighted by Crippen LogP contribution is 2.22. The maximum Gasteiger partial charge on any atom is 0.262 e. The van der Waals surface area contributed by atoms with E-state index in [1.165, 1.54) is 18.2 Å². The molecule has 2 amide bonds. The van der Waals surface area contributed by atoms with Crippen molar-refractivity contribution in [2.45, 2.75) is 13.8 Å². The number of hydrogen-bond acceptors (Lipinski definition) is 3. The predicted octanol–water partition coefficient (Wildman–Crippen LogP) is 4.71. The van der Waals surface area contributed by atoms with Crippen LogP contribution in [0.3, 0.4) is 0 Å². The summed E-state index contributed by atoms with van der Waals surface area (Å²) < 4.78 is 19.2. The van der Waals surface area contributed by atoms with E-state index < -0.39 is 11.7 Å². The van der Waals surface area contributed by atoms with Crippen molar-refractivity contribution >= 4 is 23.2 Å². The van der Waals surface area contributed by atoms with Gasteiger partial charge >= 0.3 is 0 Å². The van der Waals surface area contributed by atoms with Crippen molar-refractivity contribution in [3.63, 3.8) is 0 Å². The molecule has 29 heavy (non-hydrogen) atoms. The van der Waals surface area contributed by atoms with Crippen LogP contribution in [0.2, 0.25) is 0 Å². The number of ether oxygens (including phenoxy) is 1. The Morgan fingerprint density at radius 3 is 2.38 bits per heavy atom. The molecule has 3 rings (SSSR count). The third kappa shape index (κ3) is 5.19. The second kappa shape index (κ2) is 9.01. The monoisotopic (exact) mass is 392 g/mol. The minimum atomic E-state index is -0.533. The molecule has 0 saturated heterocycles. The number of hydrogen-bond donors (Lipinski definition) is 2. The van der Waals surface area contributed by atoms with E-state index in [2.05, 4.69) is 10.6 Å². The summed E-state index contributed by atoms with van der Waals surface area (Å²) in [5.74, 6) is -1.14. The molecule has 0 spiro atoms. The van der Waals surface area contributed by atoms with Crippen LogP contribution in [-0.2, 0) is 4.79 Å². The molecule has 0 bridgehead atoms. The van der Waals surface area contributed by atoms with E-state index in [1.54, 1.807) is 30.3 Å². The van der Waals surface area contributed by atoms with Crippen LogP contribution in [0, 0.1) is 19.7 Å². The molecular formula is C23H21FN2O3. The van der Waals surface area contributed by atoms with Crippen molar-refractivity contribution in [3.8, 4) is 5.75 Å². The van der Waals surface area contributed by atoms with Gasteiger partial charge in [-0.25, -0.2) is 4.39 Å². The Kier molecular flexibility index (Phi) is 6.24. The summed E-state index contributed by atoms with van der Waals surface area (Å²) in [7, 11) is 0. The van der Waals surface area contributed by atoms with Crippen LogP contribution < -0.4 is 15.4 Å². The molecule has 0 radical (unpaired) electrons. The molecular weight excluding hydrogens is 371 g/mol. The predicted molar refractivity (Wildman–Crippen MR) is 111 cm³/mol. The van der Waals surface area contributed by atoms with E-state index in [1.807, 2.05) is 32.0 Å². The normalized spacial score (nSPS) is 10.3. The number of anilines is 2. The summed E-state index contributed by atoms with van der Waals surface area (Å²) in [6.07, 6.45) is 0. The van der Waals surface area contributed by atoms with Crippen LogP contribution in [-0.4, -0.2) is 18.4 Å². The minimum Gasteiger partial charge on any atom is -0.483 e. The molecule has 3 aromatic carbocycles. The Balaban J connectivity index is 1.67. The first-order chi connectivity index (χ1) is 13.9. The van der Waals surface area contributed by atoms with Gasteiger partial charge in [-0.2, -0.15) is 0 Å². The maximum absolute atomic E-state index is 13.6. The van der Waals surface area contributed by atoms with Crippen LogP contribution in [0.1, 0.15) is 21.5 Å². The molecule has 148 valence electrons. The lowest BCUT2D eigenvalue weighted by molar-refractivity contribution is -0.118. The summed E-state index contributed by atoms with van der Waals surface area (Å²) in [4.78, 5) is 24.8. The summed E-state index contributed by atoms with van der Waals surface area (Å²) in [6.45, 7) is 3.54. The lowest BCUT2D eigenvalue weighted by Gasteiger charge is -2.13. The van der Waals surface area contributed by atoms with Crippen molar-refractivity contribution in [1.29, 1.82) is 0 Å². The van der Waals surface area contributed by atoms with Gasteiger partial charge in [0.1, 0.15) is 11.6 Å². The highest BCUT2D eigenvalue weighted by Gasteiger charge is 2.15. The van der Waals surface area contributed by atoms with E-state index in [-0.39, 0.29) is 24.0 Å². The first kappa shape index (κ1) is 20.1. The van der Waals surface area contributed by atoms with Gasteiger partial charge in [-0.3, -0.25) is 9.59 Å². The van der Waals surface area contributed by atoms with Crippen LogP contribution in [0.15, 0.2) is 66.7 Å². The van der Waals surface area contributed by atoms with E-state index in [0.29, 0.717) is 11.3 Å². The Bertz CT molecular complexity index is 1050. The van der Waals surface area contributed by atoms with E-state index in [0.717, 1.165) is 11.1 Å². The number of benzene rings is 3. The Morgan fingerprint density at radius 1 is 0.897 bits per heavy atom. The number of amides is 2. The molecule has 3 aromatic rings. The number of nitrogens with one attached hydrogen (secondary N) is 2. The van der Waals surface area contributed by atoms with Gasteiger partial charge in [0.2, 0.25) is 0 Å². The molecule has 0 unspecified atom stereocenters. The number of aryl methyl sites for hydroxylation is 2. The van der Waals surface area contributed by atoms with Gasteiger partial charge < -0.3 is 15.4 Å². The van der Waals surface area contributed by atoms with Gasteiger partial charge in [0.05, 0.1) is 11.3 Å². The summed E-state index contributed by atoms with van der Waals surface area (Å²) in [6, 6.07) is 18.2. The van der Waals surface area contributed by atoms with Crippen LogP contribution in [0.5, 0.6) is 5.75 Å². The highest BCUT2D eigenvalue weighted by molar-refractivity contribution is 6.06. The van der Waals surface area contributed by atoms with Crippen molar-refractivity contribution in [1.82, 2.24) is 0 Å². The highest BCUT2D eigenvalue weighted by atomic mass is 19.1. The van der Waals surface area contributed by atoms with Gasteiger partial charge in [0, 0.05) is 5.69 Å². The van der Waals surface area contributed by atoms with E-state index >= 15 is 0 Å². The lowest BCUT2D eigenvalue weighted by Crippen LogP contribution is -2.22. The number of para-hydroxylation sites is 2. The maximum atomic E-state index is 13.6. The van der Waals surface area contributed by atoms with Crippen molar-refractivity contribution in [3.05, 3.63) is 89.2 Å². The minimum absolute atomic E-state index is 0.0713. The molecule has 2 N–H and O–H groups in total. The topological polar surface area (TPSA) is 67.4 Å². The van der Waals surface area contributed by atoms with Crippen molar-refractivity contribution in [2.75, 3.05) is 17.2 Å². The molecule has 0 aliphatic heterocycles. The van der Waals surface area contributed by atoms with E-state index in [4.69, 9.17) is 4.74 Å². The fourth-order valence-electron chi connectivity index (χ4n) is 2.82. The molecule has 0 aliphatic rings. The summed E-state index contributed by atoms with van der Waals surface area (Å²) in [5.41, 5.74) is 3.12. The first-order valence-corrected chi connectivity index (χ1v) is 9.09. The zero-order chi connectivity index (χ0) is 20.8. The Morgan fingerprint density at radius 2 is 1.62 bits per heavy atom. The summed E-state index contributed by atoms with van der Waals surface area (Å²) in [5, 5.41) is 5.30. The molecule has 0 aromatic heterocycles. The largest absolute Gasteiger partial charge is 0.483 e. The van der Waals surface area contributed by atoms with E-state index in [9.17, 15) is 14.0 Å². The van der Waals surface area contributed by atoms with Crippen LogP contribution in [0.25, 0.3) is 0 Å². The van der Waals surface area contributed by atoms with Crippen LogP contribution >= 0.6 is 0 Å². The number of carbonyl (C=O) groups excluding carboxylic acids is 2. The van der Waals surface area contributed by atoms with Gasteiger partial charge in [0.25, 0.3) is 11.8 Å². The van der Waals surface area contributed by atoms with Crippen molar-refractivity contribution in [2.24, 2.45) is 0 Å². The smallest absolute Gasteiger partial charge is 0.262 e. The zero-order valence-corrected chi connectivity index (χ0v) is 16.2.